The first-order chi connectivity index (χ1) is 9.70. The Labute approximate surface area is 130 Å². The first-order valence-corrected chi connectivity index (χ1v) is 7.76. The van der Waals surface area contributed by atoms with Gasteiger partial charge in [-0.25, -0.2) is 13.2 Å². The van der Waals surface area contributed by atoms with E-state index in [1.54, 1.807) is 0 Å². The Hall–Kier alpha value is -1.70. The largest absolute Gasteiger partial charge is 0.475 e. The quantitative estimate of drug-likeness (QED) is 0.881. The monoisotopic (exact) mass is 349 g/mol. The first-order valence-electron chi connectivity index (χ1n) is 5.52. The molecule has 9 heteroatoms. The molecule has 0 amide bonds. The molecule has 2 aromatic rings. The Morgan fingerprint density at radius 3 is 2.52 bits per heavy atom. The molecule has 0 radical (unpaired) electrons. The summed E-state index contributed by atoms with van der Waals surface area (Å²) in [6.07, 6.45) is 0. The van der Waals surface area contributed by atoms with E-state index in [4.69, 9.17) is 32.7 Å². The van der Waals surface area contributed by atoms with Gasteiger partial charge in [0, 0.05) is 11.1 Å². The third-order valence-corrected chi connectivity index (χ3v) is 4.58. The molecular formula is C12H9Cl2NO5S. The summed E-state index contributed by atoms with van der Waals surface area (Å²) in [7, 11) is -4.05. The zero-order chi connectivity index (χ0) is 15.8. The number of aromatic carboxylic acids is 1. The van der Waals surface area contributed by atoms with Crippen LogP contribution < -0.4 is 4.72 Å². The highest BCUT2D eigenvalue weighted by Crippen LogP contribution is 2.29. The van der Waals surface area contributed by atoms with Crippen LogP contribution in [0.4, 0.5) is 5.69 Å². The topological polar surface area (TPSA) is 96.6 Å². The van der Waals surface area contributed by atoms with Crippen LogP contribution in [0.2, 0.25) is 10.0 Å². The van der Waals surface area contributed by atoms with Crippen molar-refractivity contribution >= 4 is 44.9 Å². The maximum atomic E-state index is 12.3. The number of carboxylic acids is 1. The number of carboxylic acid groups (broad SMARTS) is 1. The number of halogens is 2. The van der Waals surface area contributed by atoms with Gasteiger partial charge in [-0.3, -0.25) is 4.72 Å². The molecule has 2 N–H and O–H groups in total. The first kappa shape index (κ1) is 15.7. The van der Waals surface area contributed by atoms with E-state index in [2.05, 4.69) is 4.72 Å². The molecule has 0 fully saturated rings. The zero-order valence-corrected chi connectivity index (χ0v) is 12.9. The van der Waals surface area contributed by atoms with E-state index in [0.29, 0.717) is 5.02 Å². The molecule has 21 heavy (non-hydrogen) atoms. The smallest absolute Gasteiger partial charge is 0.371 e. The van der Waals surface area contributed by atoms with Gasteiger partial charge in [0.2, 0.25) is 5.76 Å². The van der Waals surface area contributed by atoms with E-state index in [1.165, 1.54) is 25.1 Å². The highest BCUT2D eigenvalue weighted by atomic mass is 35.5. The number of benzene rings is 1. The normalized spacial score (nSPS) is 11.4. The van der Waals surface area contributed by atoms with Crippen molar-refractivity contribution in [2.75, 3.05) is 4.72 Å². The number of rotatable bonds is 4. The maximum Gasteiger partial charge on any atom is 0.371 e. The number of nitrogens with one attached hydrogen (secondary N) is 1. The van der Waals surface area contributed by atoms with Gasteiger partial charge in [-0.2, -0.15) is 0 Å². The standard InChI is InChI=1S/C12H9Cl2NO5S/c1-6-11(5-10(20-6)12(16)17)21(18,19)15-9-4-7(13)2-3-8(9)14/h2-5,15H,1H3,(H,16,17). The van der Waals surface area contributed by atoms with Crippen LogP contribution in [0.5, 0.6) is 0 Å². The van der Waals surface area contributed by atoms with Gasteiger partial charge in [0.25, 0.3) is 10.0 Å². The van der Waals surface area contributed by atoms with Crippen molar-refractivity contribution in [1.82, 2.24) is 0 Å². The number of hydrogen-bond donors (Lipinski definition) is 2. The predicted molar refractivity (Wildman–Crippen MR) is 77.7 cm³/mol. The molecule has 1 aromatic carbocycles. The van der Waals surface area contributed by atoms with Crippen LogP contribution in [0.1, 0.15) is 16.3 Å². The van der Waals surface area contributed by atoms with Crippen LogP contribution in [-0.4, -0.2) is 19.5 Å². The average molecular weight is 350 g/mol. The molecule has 6 nitrogen and oxygen atoms in total. The minimum absolute atomic E-state index is 0.0435. The Kier molecular flexibility index (Phi) is 4.18. The van der Waals surface area contributed by atoms with Gasteiger partial charge in [-0.15, -0.1) is 0 Å². The summed E-state index contributed by atoms with van der Waals surface area (Å²) in [6.45, 7) is 1.35. The molecule has 0 aliphatic heterocycles. The third kappa shape index (κ3) is 3.31. The maximum absolute atomic E-state index is 12.3. The van der Waals surface area contributed by atoms with Crippen molar-refractivity contribution in [1.29, 1.82) is 0 Å². The summed E-state index contributed by atoms with van der Waals surface area (Å²) < 4.78 is 31.6. The molecule has 0 atom stereocenters. The molecule has 2 rings (SSSR count). The molecule has 0 spiro atoms. The van der Waals surface area contributed by atoms with Crippen molar-refractivity contribution < 1.29 is 22.7 Å². The number of anilines is 1. The summed E-state index contributed by atoms with van der Waals surface area (Å²) >= 11 is 11.7. The number of furan rings is 1. The van der Waals surface area contributed by atoms with E-state index < -0.39 is 21.8 Å². The van der Waals surface area contributed by atoms with Crippen molar-refractivity contribution in [3.63, 3.8) is 0 Å². The van der Waals surface area contributed by atoms with Gasteiger partial charge in [0.05, 0.1) is 10.7 Å². The van der Waals surface area contributed by atoms with Crippen molar-refractivity contribution in [2.45, 2.75) is 11.8 Å². The zero-order valence-electron chi connectivity index (χ0n) is 10.6. The molecule has 0 aliphatic rings. The van der Waals surface area contributed by atoms with Crippen molar-refractivity contribution in [3.8, 4) is 0 Å². The minimum Gasteiger partial charge on any atom is -0.475 e. The second-order valence-electron chi connectivity index (χ2n) is 4.07. The predicted octanol–water partition coefficient (Wildman–Crippen LogP) is 3.39. The van der Waals surface area contributed by atoms with Gasteiger partial charge in [-0.1, -0.05) is 23.2 Å². The van der Waals surface area contributed by atoms with E-state index in [1.807, 2.05) is 0 Å². The van der Waals surface area contributed by atoms with Crippen LogP contribution in [-0.2, 0) is 10.0 Å². The summed E-state index contributed by atoms with van der Waals surface area (Å²) in [5.74, 6) is -1.87. The highest BCUT2D eigenvalue weighted by Gasteiger charge is 2.24. The van der Waals surface area contributed by atoms with Gasteiger partial charge in [0.15, 0.2) is 0 Å². The van der Waals surface area contributed by atoms with E-state index >= 15 is 0 Å². The molecule has 0 saturated carbocycles. The molecule has 0 unspecified atom stereocenters. The van der Waals surface area contributed by atoms with Gasteiger partial charge in [-0.05, 0) is 25.1 Å². The van der Waals surface area contributed by atoms with Gasteiger partial charge in [0.1, 0.15) is 10.7 Å². The lowest BCUT2D eigenvalue weighted by Crippen LogP contribution is -2.13. The summed E-state index contributed by atoms with van der Waals surface area (Å²) in [5.41, 5.74) is 0.0849. The van der Waals surface area contributed by atoms with Crippen LogP contribution in [0.3, 0.4) is 0 Å². The molecule has 1 aromatic heterocycles. The number of hydrogen-bond acceptors (Lipinski definition) is 4. The molecule has 112 valence electrons. The second kappa shape index (κ2) is 5.59. The molecule has 1 heterocycles. The Morgan fingerprint density at radius 2 is 1.95 bits per heavy atom. The Balaban J connectivity index is 2.43. The Morgan fingerprint density at radius 1 is 1.29 bits per heavy atom. The van der Waals surface area contributed by atoms with Gasteiger partial charge >= 0.3 is 5.97 Å². The lowest BCUT2D eigenvalue weighted by molar-refractivity contribution is 0.0661. The number of aryl methyl sites for hydroxylation is 1. The van der Waals surface area contributed by atoms with Crippen LogP contribution >= 0.6 is 23.2 Å². The lowest BCUT2D eigenvalue weighted by atomic mass is 10.3. The number of sulfonamides is 1. The fraction of sp³-hybridized carbons (Fsp3) is 0.0833. The fourth-order valence-electron chi connectivity index (χ4n) is 1.61. The minimum atomic E-state index is -4.05. The van der Waals surface area contributed by atoms with E-state index in [0.717, 1.165) is 6.07 Å². The van der Waals surface area contributed by atoms with Crippen molar-refractivity contribution in [2.24, 2.45) is 0 Å². The van der Waals surface area contributed by atoms with Crippen LogP contribution in [0.25, 0.3) is 0 Å². The second-order valence-corrected chi connectivity index (χ2v) is 6.56. The van der Waals surface area contributed by atoms with E-state index in [9.17, 15) is 13.2 Å². The molecular weight excluding hydrogens is 341 g/mol. The Bertz CT molecular complexity index is 813. The SMILES string of the molecule is Cc1oc(C(=O)O)cc1S(=O)(=O)Nc1cc(Cl)ccc1Cl. The van der Waals surface area contributed by atoms with Crippen molar-refractivity contribution in [3.05, 3.63) is 45.8 Å². The molecule has 0 saturated heterocycles. The fourth-order valence-corrected chi connectivity index (χ4v) is 3.26. The summed E-state index contributed by atoms with van der Waals surface area (Å²) in [6, 6.07) is 5.22. The third-order valence-electron chi connectivity index (χ3n) is 2.55. The molecule has 0 bridgehead atoms. The average Bonchev–Trinajstić information content (AvgIpc) is 2.77. The molecule has 0 aliphatic carbocycles. The highest BCUT2D eigenvalue weighted by molar-refractivity contribution is 7.92. The van der Waals surface area contributed by atoms with Crippen LogP contribution in [0.15, 0.2) is 33.6 Å². The van der Waals surface area contributed by atoms with Gasteiger partial charge < -0.3 is 9.52 Å². The number of carbonyl (C=O) groups is 1. The lowest BCUT2D eigenvalue weighted by Gasteiger charge is -2.09. The van der Waals surface area contributed by atoms with E-state index in [-0.39, 0.29) is 21.4 Å². The summed E-state index contributed by atoms with van der Waals surface area (Å²) in [4.78, 5) is 10.5. The summed E-state index contributed by atoms with van der Waals surface area (Å²) in [5, 5.41) is 9.26. The van der Waals surface area contributed by atoms with Crippen LogP contribution in [0, 0.1) is 6.92 Å².